The number of halogens is 1. The Hall–Kier alpha value is -1.66. The van der Waals surface area contributed by atoms with E-state index in [1.54, 1.807) is 17.9 Å². The molecule has 1 fully saturated rings. The molecule has 1 aliphatic heterocycles. The Morgan fingerprint density at radius 3 is 2.90 bits per heavy atom. The van der Waals surface area contributed by atoms with Crippen LogP contribution in [0.25, 0.3) is 0 Å². The lowest BCUT2D eigenvalue weighted by molar-refractivity contribution is -0.385. The number of nitrogens with zero attached hydrogens (tertiary/aromatic N) is 2. The Morgan fingerprint density at radius 2 is 2.30 bits per heavy atom. The number of hydrogen-bond acceptors (Lipinski definition) is 4. The molecule has 1 aromatic rings. The number of rotatable bonds is 4. The van der Waals surface area contributed by atoms with E-state index in [9.17, 15) is 20.0 Å². The lowest BCUT2D eigenvalue weighted by atomic mass is 9.98. The summed E-state index contributed by atoms with van der Waals surface area (Å²) in [6.45, 7) is 2.40. The largest absolute Gasteiger partial charge is 0.480 e. The van der Waals surface area contributed by atoms with Gasteiger partial charge in [-0.05, 0) is 32.4 Å². The van der Waals surface area contributed by atoms with Crippen LogP contribution in [0, 0.1) is 10.1 Å². The van der Waals surface area contributed by atoms with Crippen molar-refractivity contribution in [2.75, 3.05) is 6.54 Å². The number of carbonyl (C=O) groups is 1. The molecule has 2 rings (SSSR count). The van der Waals surface area contributed by atoms with Crippen molar-refractivity contribution in [2.24, 2.45) is 0 Å². The second kappa shape index (κ2) is 5.38. The summed E-state index contributed by atoms with van der Waals surface area (Å²) in [5.41, 5.74) is -0.696. The molecule has 6 nitrogen and oxygen atoms in total. The van der Waals surface area contributed by atoms with Crippen molar-refractivity contribution in [1.82, 2.24) is 4.90 Å². The second-order valence-electron chi connectivity index (χ2n) is 5.10. The van der Waals surface area contributed by atoms with Gasteiger partial charge in [-0.2, -0.15) is 0 Å². The minimum atomic E-state index is -0.993. The van der Waals surface area contributed by atoms with Crippen molar-refractivity contribution in [3.05, 3.63) is 38.9 Å². The minimum Gasteiger partial charge on any atom is -0.480 e. The van der Waals surface area contributed by atoms with Crippen molar-refractivity contribution < 1.29 is 14.8 Å². The summed E-state index contributed by atoms with van der Waals surface area (Å²) in [6, 6.07) is 4.48. The van der Waals surface area contributed by atoms with Crippen LogP contribution in [0.2, 0.25) is 5.02 Å². The van der Waals surface area contributed by atoms with Crippen molar-refractivity contribution in [2.45, 2.75) is 31.8 Å². The fourth-order valence-corrected chi connectivity index (χ4v) is 2.81. The van der Waals surface area contributed by atoms with Gasteiger partial charge >= 0.3 is 5.97 Å². The van der Waals surface area contributed by atoms with E-state index in [1.807, 2.05) is 0 Å². The van der Waals surface area contributed by atoms with E-state index in [-0.39, 0.29) is 12.2 Å². The van der Waals surface area contributed by atoms with Gasteiger partial charge in [-0.1, -0.05) is 17.7 Å². The Labute approximate surface area is 121 Å². The van der Waals surface area contributed by atoms with Crippen molar-refractivity contribution >= 4 is 23.3 Å². The van der Waals surface area contributed by atoms with Gasteiger partial charge in [0.25, 0.3) is 5.69 Å². The fraction of sp³-hybridized carbons (Fsp3) is 0.462. The topological polar surface area (TPSA) is 83.7 Å². The van der Waals surface area contributed by atoms with Gasteiger partial charge < -0.3 is 5.11 Å². The number of carboxylic acids is 1. The van der Waals surface area contributed by atoms with Crippen LogP contribution in [0.5, 0.6) is 0 Å². The van der Waals surface area contributed by atoms with Crippen LogP contribution in [0.4, 0.5) is 5.69 Å². The molecule has 108 valence electrons. The molecule has 1 aliphatic rings. The lowest BCUT2D eigenvalue weighted by Gasteiger charge is -2.31. The quantitative estimate of drug-likeness (QED) is 0.682. The first-order valence-corrected chi connectivity index (χ1v) is 6.64. The highest BCUT2D eigenvalue weighted by Crippen LogP contribution is 2.34. The van der Waals surface area contributed by atoms with Crippen LogP contribution in [-0.4, -0.2) is 33.0 Å². The molecule has 1 saturated heterocycles. The summed E-state index contributed by atoms with van der Waals surface area (Å²) in [5.74, 6) is -0.912. The van der Waals surface area contributed by atoms with Crippen molar-refractivity contribution in [3.8, 4) is 0 Å². The average molecular weight is 299 g/mol. The molecule has 1 unspecified atom stereocenters. The van der Waals surface area contributed by atoms with Crippen LogP contribution < -0.4 is 0 Å². The van der Waals surface area contributed by atoms with E-state index >= 15 is 0 Å². The third-order valence-corrected chi connectivity index (χ3v) is 4.24. The molecule has 0 aromatic heterocycles. The number of hydrogen-bond donors (Lipinski definition) is 1. The zero-order valence-electron chi connectivity index (χ0n) is 11.0. The maximum absolute atomic E-state index is 11.4. The van der Waals surface area contributed by atoms with Crippen LogP contribution in [-0.2, 0) is 11.3 Å². The molecule has 0 amide bonds. The fourth-order valence-electron chi connectivity index (χ4n) is 2.58. The Bertz CT molecular complexity index is 563. The third-order valence-electron chi connectivity index (χ3n) is 3.89. The van der Waals surface area contributed by atoms with Crippen molar-refractivity contribution in [3.63, 3.8) is 0 Å². The van der Waals surface area contributed by atoms with E-state index < -0.39 is 16.4 Å². The van der Waals surface area contributed by atoms with Crippen LogP contribution in [0.3, 0.4) is 0 Å². The number of nitro groups is 1. The summed E-state index contributed by atoms with van der Waals surface area (Å²) in [6.07, 6.45) is 1.28. The standard InChI is InChI=1S/C13H15ClN2O4/c1-13(12(17)18)6-3-7-15(13)8-9-10(14)4-2-5-11(9)16(19)20/h2,4-5H,3,6-8H2,1H3,(H,17,18). The molecule has 0 saturated carbocycles. The molecule has 0 radical (unpaired) electrons. The average Bonchev–Trinajstić information content (AvgIpc) is 2.74. The SMILES string of the molecule is CC1(C(=O)O)CCCN1Cc1c(Cl)cccc1[N+](=O)[O-]. The maximum atomic E-state index is 11.4. The van der Waals surface area contributed by atoms with Gasteiger partial charge in [-0.25, -0.2) is 0 Å². The van der Waals surface area contributed by atoms with Crippen molar-refractivity contribution in [1.29, 1.82) is 0 Å². The summed E-state index contributed by atoms with van der Waals surface area (Å²) in [4.78, 5) is 23.7. The first-order valence-electron chi connectivity index (χ1n) is 6.26. The highest BCUT2D eigenvalue weighted by atomic mass is 35.5. The molecular weight excluding hydrogens is 284 g/mol. The molecule has 1 heterocycles. The van der Waals surface area contributed by atoms with Gasteiger partial charge in [-0.3, -0.25) is 19.8 Å². The Morgan fingerprint density at radius 1 is 1.60 bits per heavy atom. The highest BCUT2D eigenvalue weighted by molar-refractivity contribution is 6.31. The molecule has 7 heteroatoms. The normalized spacial score (nSPS) is 22.9. The van der Waals surface area contributed by atoms with E-state index in [0.29, 0.717) is 23.6 Å². The predicted octanol–water partition coefficient (Wildman–Crippen LogP) is 2.69. The smallest absolute Gasteiger partial charge is 0.323 e. The van der Waals surface area contributed by atoms with Crippen LogP contribution in [0.1, 0.15) is 25.3 Å². The Balaban J connectivity index is 2.35. The van der Waals surface area contributed by atoms with E-state index in [0.717, 1.165) is 6.42 Å². The molecule has 0 aliphatic carbocycles. The highest BCUT2D eigenvalue weighted by Gasteiger charge is 2.43. The first-order chi connectivity index (χ1) is 9.36. The summed E-state index contributed by atoms with van der Waals surface area (Å²) in [7, 11) is 0. The third kappa shape index (κ3) is 2.48. The second-order valence-corrected chi connectivity index (χ2v) is 5.51. The van der Waals surface area contributed by atoms with Gasteiger partial charge in [0.2, 0.25) is 0 Å². The van der Waals surface area contributed by atoms with E-state index in [4.69, 9.17) is 11.6 Å². The molecule has 1 N–H and O–H groups in total. The molecule has 20 heavy (non-hydrogen) atoms. The number of benzene rings is 1. The monoisotopic (exact) mass is 298 g/mol. The maximum Gasteiger partial charge on any atom is 0.323 e. The number of carboxylic acid groups (broad SMARTS) is 1. The minimum absolute atomic E-state index is 0.0721. The zero-order chi connectivity index (χ0) is 14.9. The van der Waals surface area contributed by atoms with Gasteiger partial charge in [0.15, 0.2) is 0 Å². The summed E-state index contributed by atoms with van der Waals surface area (Å²) in [5, 5.41) is 20.7. The molecule has 1 aromatic carbocycles. The summed E-state index contributed by atoms with van der Waals surface area (Å²) >= 11 is 6.05. The molecule has 1 atom stereocenters. The molecular formula is C13H15ClN2O4. The van der Waals surface area contributed by atoms with Crippen LogP contribution in [0.15, 0.2) is 18.2 Å². The molecule has 0 spiro atoms. The lowest BCUT2D eigenvalue weighted by Crippen LogP contribution is -2.47. The number of nitro benzene ring substituents is 1. The summed E-state index contributed by atoms with van der Waals surface area (Å²) < 4.78 is 0. The van der Waals surface area contributed by atoms with Gasteiger partial charge in [0.05, 0.1) is 15.5 Å². The Kier molecular flexibility index (Phi) is 3.96. The zero-order valence-corrected chi connectivity index (χ0v) is 11.8. The number of likely N-dealkylation sites (tertiary alicyclic amines) is 1. The van der Waals surface area contributed by atoms with Crippen LogP contribution >= 0.6 is 11.6 Å². The predicted molar refractivity (Wildman–Crippen MR) is 73.8 cm³/mol. The van der Waals surface area contributed by atoms with E-state index in [1.165, 1.54) is 12.1 Å². The van der Waals surface area contributed by atoms with Gasteiger partial charge in [0.1, 0.15) is 5.54 Å². The number of aliphatic carboxylic acids is 1. The van der Waals surface area contributed by atoms with Gasteiger partial charge in [0, 0.05) is 12.6 Å². The molecule has 0 bridgehead atoms. The van der Waals surface area contributed by atoms with E-state index in [2.05, 4.69) is 0 Å². The van der Waals surface area contributed by atoms with Gasteiger partial charge in [-0.15, -0.1) is 0 Å². The first kappa shape index (κ1) is 14.7.